The molecule has 1 unspecified atom stereocenters. The van der Waals surface area contributed by atoms with Crippen LogP contribution in [0.1, 0.15) is 61.4 Å². The van der Waals surface area contributed by atoms with Gasteiger partial charge in [-0.05, 0) is 78.6 Å². The van der Waals surface area contributed by atoms with Crippen molar-refractivity contribution in [1.82, 2.24) is 25.0 Å². The lowest BCUT2D eigenvalue weighted by Gasteiger charge is -2.33. The van der Waals surface area contributed by atoms with Crippen LogP contribution in [-0.2, 0) is 9.53 Å². The van der Waals surface area contributed by atoms with E-state index >= 15 is 4.39 Å². The number of nitrogens with zero attached hydrogens (tertiary/aromatic N) is 5. The lowest BCUT2D eigenvalue weighted by Crippen LogP contribution is -2.42. The molecule has 264 valence electrons. The van der Waals surface area contributed by atoms with Crippen LogP contribution in [-0.4, -0.2) is 78.1 Å². The van der Waals surface area contributed by atoms with Crippen molar-refractivity contribution in [2.45, 2.75) is 57.0 Å². The highest BCUT2D eigenvalue weighted by molar-refractivity contribution is 6.00. The molecule has 2 fully saturated rings. The molecule has 2 aliphatic rings. The Hall–Kier alpha value is -4.55. The zero-order valence-electron chi connectivity index (χ0n) is 28.3. The highest BCUT2D eigenvalue weighted by atomic mass is 19.4. The Bertz CT molecular complexity index is 1820. The summed E-state index contributed by atoms with van der Waals surface area (Å²) in [5, 5.41) is 7.83. The van der Waals surface area contributed by atoms with E-state index in [1.807, 2.05) is 12.1 Å². The number of ether oxygens (including phenoxy) is 1. The van der Waals surface area contributed by atoms with Crippen LogP contribution in [0, 0.1) is 5.95 Å². The van der Waals surface area contributed by atoms with Crippen molar-refractivity contribution >= 4 is 33.8 Å². The summed E-state index contributed by atoms with van der Waals surface area (Å²) in [5.74, 6) is -0.0238. The maximum atomic E-state index is 15.4. The van der Waals surface area contributed by atoms with Crippen LogP contribution in [0.2, 0.25) is 0 Å². The van der Waals surface area contributed by atoms with E-state index in [4.69, 9.17) is 9.72 Å². The number of carbonyl (C=O) groups excluding carboxylic acids is 1. The normalized spacial score (nSPS) is 18.1. The fraction of sp³-hybridized carbons (Fsp3) is 0.395. The molecular formula is C38H42F4N6O2. The van der Waals surface area contributed by atoms with Crippen LogP contribution in [0.4, 0.5) is 23.4 Å². The standard InChI is InChI=1S/C38H42F4N6O2/c1-46(2)34(49)11-8-19-43-29-17-20-47(21-18-29)33-16-14-28(25-44-33)36(31(24-38(40,41)42)26-9-4-3-5-10-26)27-13-15-32-30(23-27)37(39)45-48(32)35-12-6-7-22-50-35/h3-5,8-11,13-16,23,25,29,35,43H,6-7,12,17-22,24H2,1-2H3/b11-8?,36-31-. The number of amides is 1. The minimum absolute atomic E-state index is 0.0583. The van der Waals surface area contributed by atoms with Gasteiger partial charge in [-0.3, -0.25) is 4.79 Å². The number of anilines is 1. The van der Waals surface area contributed by atoms with Gasteiger partial charge >= 0.3 is 6.18 Å². The highest BCUT2D eigenvalue weighted by Crippen LogP contribution is 2.41. The molecule has 8 nitrogen and oxygen atoms in total. The molecule has 1 N–H and O–H groups in total. The van der Waals surface area contributed by atoms with E-state index in [1.54, 1.807) is 85.6 Å². The van der Waals surface area contributed by atoms with Gasteiger partial charge in [-0.2, -0.15) is 17.6 Å². The van der Waals surface area contributed by atoms with Crippen molar-refractivity contribution in [3.05, 3.63) is 102 Å². The minimum atomic E-state index is -4.50. The minimum Gasteiger partial charge on any atom is -0.357 e. The first-order chi connectivity index (χ1) is 24.1. The van der Waals surface area contributed by atoms with Gasteiger partial charge in [-0.15, -0.1) is 5.10 Å². The van der Waals surface area contributed by atoms with Crippen molar-refractivity contribution in [2.75, 3.05) is 45.2 Å². The molecule has 4 heterocycles. The van der Waals surface area contributed by atoms with E-state index in [0.29, 0.717) is 53.4 Å². The Morgan fingerprint density at radius 1 is 1.00 bits per heavy atom. The molecule has 0 bridgehead atoms. The molecular weight excluding hydrogens is 648 g/mol. The second-order valence-electron chi connectivity index (χ2n) is 13.0. The van der Waals surface area contributed by atoms with Crippen molar-refractivity contribution in [2.24, 2.45) is 0 Å². The summed E-state index contributed by atoms with van der Waals surface area (Å²) < 4.78 is 65.5. The third-order valence-electron chi connectivity index (χ3n) is 9.26. The first-order valence-electron chi connectivity index (χ1n) is 17.0. The van der Waals surface area contributed by atoms with Gasteiger partial charge in [-0.25, -0.2) is 9.67 Å². The molecule has 1 amide bonds. The van der Waals surface area contributed by atoms with Crippen LogP contribution >= 0.6 is 0 Å². The van der Waals surface area contributed by atoms with Crippen LogP contribution in [0.15, 0.2) is 79.0 Å². The molecule has 50 heavy (non-hydrogen) atoms. The summed E-state index contributed by atoms with van der Waals surface area (Å²) in [7, 11) is 3.42. The number of piperidine rings is 1. The lowest BCUT2D eigenvalue weighted by molar-refractivity contribution is -0.124. The van der Waals surface area contributed by atoms with E-state index in [9.17, 15) is 18.0 Å². The summed E-state index contributed by atoms with van der Waals surface area (Å²) in [6.07, 6.45) is 3.24. The van der Waals surface area contributed by atoms with Gasteiger partial charge in [0.1, 0.15) is 5.82 Å². The van der Waals surface area contributed by atoms with Gasteiger partial charge < -0.3 is 19.9 Å². The molecule has 6 rings (SSSR count). The molecule has 2 aromatic heterocycles. The number of hydrogen-bond acceptors (Lipinski definition) is 6. The summed E-state index contributed by atoms with van der Waals surface area (Å²) >= 11 is 0. The largest absolute Gasteiger partial charge is 0.393 e. The van der Waals surface area contributed by atoms with Crippen LogP contribution < -0.4 is 10.2 Å². The van der Waals surface area contributed by atoms with Crippen LogP contribution in [0.3, 0.4) is 0 Å². The Kier molecular flexibility index (Phi) is 11.0. The smallest absolute Gasteiger partial charge is 0.357 e. The number of fused-ring (bicyclic) bond motifs is 1. The fourth-order valence-electron chi connectivity index (χ4n) is 6.66. The third-order valence-corrected chi connectivity index (χ3v) is 9.26. The number of carbonyl (C=O) groups is 1. The summed E-state index contributed by atoms with van der Waals surface area (Å²) in [6, 6.07) is 17.5. The maximum Gasteiger partial charge on any atom is 0.393 e. The molecule has 0 spiro atoms. The Balaban J connectivity index is 1.30. The van der Waals surface area contributed by atoms with E-state index in [2.05, 4.69) is 15.3 Å². The Morgan fingerprint density at radius 2 is 1.76 bits per heavy atom. The number of halogens is 4. The van der Waals surface area contributed by atoms with Gasteiger partial charge in [0.05, 0.1) is 17.3 Å². The van der Waals surface area contributed by atoms with Crippen molar-refractivity contribution in [1.29, 1.82) is 0 Å². The number of hydrogen-bond donors (Lipinski definition) is 1. The highest BCUT2D eigenvalue weighted by Gasteiger charge is 2.32. The van der Waals surface area contributed by atoms with Crippen molar-refractivity contribution < 1.29 is 27.1 Å². The summed E-state index contributed by atoms with van der Waals surface area (Å²) in [6.45, 7) is 2.66. The topological polar surface area (TPSA) is 75.5 Å². The van der Waals surface area contributed by atoms with Gasteiger partial charge in [0.2, 0.25) is 11.9 Å². The van der Waals surface area contributed by atoms with Gasteiger partial charge in [0.15, 0.2) is 6.23 Å². The van der Waals surface area contributed by atoms with Gasteiger partial charge in [-0.1, -0.05) is 42.5 Å². The predicted octanol–water partition coefficient (Wildman–Crippen LogP) is 7.38. The zero-order valence-corrected chi connectivity index (χ0v) is 28.3. The van der Waals surface area contributed by atoms with Crippen LogP contribution in [0.5, 0.6) is 0 Å². The number of allylic oxidation sites excluding steroid dienone is 1. The molecule has 4 aromatic rings. The monoisotopic (exact) mass is 690 g/mol. The van der Waals surface area contributed by atoms with E-state index in [1.165, 1.54) is 4.90 Å². The first kappa shape index (κ1) is 35.3. The summed E-state index contributed by atoms with van der Waals surface area (Å²) in [5.41, 5.74) is 2.29. The molecule has 0 saturated carbocycles. The Morgan fingerprint density at radius 3 is 2.42 bits per heavy atom. The van der Waals surface area contributed by atoms with E-state index in [-0.39, 0.29) is 16.9 Å². The maximum absolute atomic E-state index is 15.4. The second-order valence-corrected chi connectivity index (χ2v) is 13.0. The SMILES string of the molecule is CN(C)C(=O)C=CCNC1CCN(c2ccc(/C(=C(/CC(F)(F)F)c3ccccc3)c3ccc4c(c3)c(F)nn4C3CCCCO3)cn2)CC1. The number of pyridine rings is 1. The Labute approximate surface area is 289 Å². The zero-order chi connectivity index (χ0) is 35.3. The van der Waals surface area contributed by atoms with Crippen molar-refractivity contribution in [3.8, 4) is 0 Å². The third kappa shape index (κ3) is 8.42. The second kappa shape index (κ2) is 15.6. The number of rotatable bonds is 10. The number of alkyl halides is 3. The lowest BCUT2D eigenvalue weighted by atomic mass is 9.88. The van der Waals surface area contributed by atoms with E-state index < -0.39 is 24.8 Å². The number of aromatic nitrogens is 3. The number of nitrogens with one attached hydrogen (secondary N) is 1. The van der Waals surface area contributed by atoms with Gasteiger partial charge in [0.25, 0.3) is 0 Å². The van der Waals surface area contributed by atoms with Crippen LogP contribution in [0.25, 0.3) is 22.0 Å². The van der Waals surface area contributed by atoms with Crippen molar-refractivity contribution in [3.63, 3.8) is 0 Å². The predicted molar refractivity (Wildman–Crippen MR) is 187 cm³/mol. The molecule has 0 radical (unpaired) electrons. The average molecular weight is 691 g/mol. The summed E-state index contributed by atoms with van der Waals surface area (Å²) in [4.78, 5) is 20.2. The van der Waals surface area contributed by atoms with Gasteiger partial charge in [0, 0.05) is 64.2 Å². The molecule has 0 aliphatic carbocycles. The number of benzene rings is 2. The quantitative estimate of drug-likeness (QED) is 0.106. The molecule has 2 aliphatic heterocycles. The first-order valence-corrected chi connectivity index (χ1v) is 17.0. The molecule has 12 heteroatoms. The number of likely N-dealkylation sites (N-methyl/N-ethyl adjacent to an activating group) is 1. The average Bonchev–Trinajstić information content (AvgIpc) is 3.46. The molecule has 2 saturated heterocycles. The molecule has 1 atom stereocenters. The van der Waals surface area contributed by atoms with E-state index in [0.717, 1.165) is 44.6 Å². The molecule has 2 aromatic carbocycles. The fourth-order valence-corrected chi connectivity index (χ4v) is 6.66.